The van der Waals surface area contributed by atoms with Crippen LogP contribution in [0.15, 0.2) is 51.4 Å². The van der Waals surface area contributed by atoms with E-state index in [0.717, 1.165) is 0 Å². The number of β-lactam (4-membered cyclic amide) rings is 1. The molecule has 4 atom stereocenters. The standard InChI is InChI=1S/C25H24Br2FN5O5S/c1-25(2)19(24(37)38)33-22(36)18(23(33)39-25)32-21(35)17(11-6-4-3-5-7-11)31-15(34)10-30-20(29)12-8-13(26)16(28)14(27)9-12/h3-9,17-19,23H,10H2,1-2H3,(H2,29,30)(H,31,34)(H,32,35)(H,37,38)/t17?,18-,19+,23-/m1/s1. The molecule has 0 aliphatic carbocycles. The molecule has 39 heavy (non-hydrogen) atoms. The third kappa shape index (κ3) is 5.82. The van der Waals surface area contributed by atoms with E-state index in [1.807, 2.05) is 0 Å². The van der Waals surface area contributed by atoms with E-state index in [1.165, 1.54) is 28.8 Å². The van der Waals surface area contributed by atoms with E-state index in [9.17, 15) is 28.7 Å². The van der Waals surface area contributed by atoms with Crippen LogP contribution in [0.5, 0.6) is 0 Å². The zero-order valence-corrected chi connectivity index (χ0v) is 24.6. The average Bonchev–Trinajstić information content (AvgIpc) is 3.15. The number of amidine groups is 1. The maximum Gasteiger partial charge on any atom is 0.327 e. The van der Waals surface area contributed by atoms with Gasteiger partial charge in [0, 0.05) is 10.3 Å². The molecule has 3 amide bonds. The Kier molecular flexibility index (Phi) is 8.38. The molecule has 2 aromatic carbocycles. The first kappa shape index (κ1) is 29.0. The third-order valence-corrected chi connectivity index (χ3v) is 9.10. The number of halogens is 3. The maximum absolute atomic E-state index is 13.8. The van der Waals surface area contributed by atoms with Gasteiger partial charge in [0.2, 0.25) is 17.7 Å². The smallest absolute Gasteiger partial charge is 0.327 e. The van der Waals surface area contributed by atoms with E-state index in [2.05, 4.69) is 47.8 Å². The molecule has 10 nitrogen and oxygen atoms in total. The van der Waals surface area contributed by atoms with Crippen molar-refractivity contribution in [3.63, 3.8) is 0 Å². The van der Waals surface area contributed by atoms with Crippen LogP contribution in [-0.2, 0) is 19.2 Å². The highest BCUT2D eigenvalue weighted by atomic mass is 79.9. The SMILES string of the molecule is CC1(C)S[C@@H]2[C@H](NC(=O)C(NC(=O)CNC(=N)c3cc(Br)c(F)c(Br)c3)c3ccccc3)C(=O)N2[C@H]1C(=O)O. The minimum absolute atomic E-state index is 0.138. The van der Waals surface area contributed by atoms with Gasteiger partial charge in [-0.15, -0.1) is 11.8 Å². The lowest BCUT2D eigenvalue weighted by Gasteiger charge is -2.44. The molecule has 0 spiro atoms. The summed E-state index contributed by atoms with van der Waals surface area (Å²) in [4.78, 5) is 52.0. The van der Waals surface area contributed by atoms with Crippen molar-refractivity contribution < 1.29 is 28.7 Å². The highest BCUT2D eigenvalue weighted by molar-refractivity contribution is 9.11. The van der Waals surface area contributed by atoms with Crippen LogP contribution in [-0.4, -0.2) is 68.3 Å². The largest absolute Gasteiger partial charge is 0.480 e. The van der Waals surface area contributed by atoms with Gasteiger partial charge < -0.3 is 26.0 Å². The van der Waals surface area contributed by atoms with E-state index in [0.29, 0.717) is 11.1 Å². The topological polar surface area (TPSA) is 152 Å². The molecule has 14 heteroatoms. The van der Waals surface area contributed by atoms with Gasteiger partial charge in [0.1, 0.15) is 29.3 Å². The second kappa shape index (κ2) is 11.3. The summed E-state index contributed by atoms with van der Waals surface area (Å²) < 4.78 is 13.4. The molecule has 0 bridgehead atoms. The molecule has 4 rings (SSSR count). The maximum atomic E-state index is 13.8. The fourth-order valence-electron chi connectivity index (χ4n) is 4.51. The summed E-state index contributed by atoms with van der Waals surface area (Å²) in [5, 5.41) is 25.2. The van der Waals surface area contributed by atoms with Gasteiger partial charge in [-0.2, -0.15) is 0 Å². The van der Waals surface area contributed by atoms with Crippen molar-refractivity contribution in [2.24, 2.45) is 0 Å². The van der Waals surface area contributed by atoms with Crippen molar-refractivity contribution in [2.45, 2.75) is 42.1 Å². The van der Waals surface area contributed by atoms with Crippen molar-refractivity contribution in [3.8, 4) is 0 Å². The summed E-state index contributed by atoms with van der Waals surface area (Å²) in [5.41, 5.74) is 0.793. The molecule has 2 heterocycles. The second-order valence-electron chi connectivity index (χ2n) is 9.48. The van der Waals surface area contributed by atoms with Crippen molar-refractivity contribution >= 4 is 73.1 Å². The number of fused-ring (bicyclic) bond motifs is 1. The molecule has 0 radical (unpaired) electrons. The zero-order chi connectivity index (χ0) is 28.6. The summed E-state index contributed by atoms with van der Waals surface area (Å²) in [5.74, 6) is -3.50. The second-order valence-corrected chi connectivity index (χ2v) is 13.0. The fourth-order valence-corrected chi connectivity index (χ4v) is 7.32. The monoisotopic (exact) mass is 683 g/mol. The number of thioether (sulfide) groups is 1. The summed E-state index contributed by atoms with van der Waals surface area (Å²) >= 11 is 7.45. The van der Waals surface area contributed by atoms with Crippen molar-refractivity contribution in [2.75, 3.05) is 6.54 Å². The van der Waals surface area contributed by atoms with E-state index in [1.54, 1.807) is 44.2 Å². The Balaban J connectivity index is 1.43. The number of benzene rings is 2. The summed E-state index contributed by atoms with van der Waals surface area (Å²) in [6.45, 7) is 3.12. The number of carbonyl (C=O) groups excluding carboxylic acids is 3. The number of nitrogens with one attached hydrogen (secondary N) is 4. The molecule has 206 valence electrons. The summed E-state index contributed by atoms with van der Waals surface area (Å²) in [6, 6.07) is 8.13. The van der Waals surface area contributed by atoms with Crippen molar-refractivity contribution in [3.05, 3.63) is 68.4 Å². The van der Waals surface area contributed by atoms with E-state index >= 15 is 0 Å². The lowest BCUT2D eigenvalue weighted by Crippen LogP contribution is -2.71. The molecule has 2 fully saturated rings. The molecule has 0 saturated carbocycles. The third-order valence-electron chi connectivity index (χ3n) is 6.37. The normalized spacial score (nSPS) is 21.8. The molecule has 1 unspecified atom stereocenters. The molecule has 2 saturated heterocycles. The number of carbonyl (C=O) groups is 4. The minimum Gasteiger partial charge on any atom is -0.480 e. The Morgan fingerprint density at radius 2 is 1.79 bits per heavy atom. The van der Waals surface area contributed by atoms with E-state index < -0.39 is 57.8 Å². The van der Waals surface area contributed by atoms with Crippen LogP contribution in [0.25, 0.3) is 0 Å². The number of carboxylic acids is 1. The number of carboxylic acid groups (broad SMARTS) is 1. The van der Waals surface area contributed by atoms with Gasteiger partial charge in [0.25, 0.3) is 0 Å². The van der Waals surface area contributed by atoms with Crippen LogP contribution in [0.1, 0.15) is 31.0 Å². The van der Waals surface area contributed by atoms with Crippen LogP contribution in [0.3, 0.4) is 0 Å². The predicted octanol–water partition coefficient (Wildman–Crippen LogP) is 2.75. The summed E-state index contributed by atoms with van der Waals surface area (Å²) in [7, 11) is 0. The van der Waals surface area contributed by atoms with Gasteiger partial charge in [0.15, 0.2) is 5.82 Å². The van der Waals surface area contributed by atoms with E-state index in [-0.39, 0.29) is 21.3 Å². The first-order chi connectivity index (χ1) is 18.3. The molecule has 5 N–H and O–H groups in total. The van der Waals surface area contributed by atoms with Crippen molar-refractivity contribution in [1.82, 2.24) is 20.9 Å². The highest BCUT2D eigenvalue weighted by Crippen LogP contribution is 2.50. The Morgan fingerprint density at radius 3 is 2.38 bits per heavy atom. The van der Waals surface area contributed by atoms with Crippen molar-refractivity contribution in [1.29, 1.82) is 5.41 Å². The number of amides is 3. The van der Waals surface area contributed by atoms with Gasteiger partial charge in [-0.25, -0.2) is 9.18 Å². The Bertz CT molecular complexity index is 1340. The molecule has 2 aromatic rings. The fraction of sp³-hybridized carbons (Fsp3) is 0.320. The quantitative estimate of drug-likeness (QED) is 0.124. The number of aliphatic carboxylic acids is 1. The zero-order valence-electron chi connectivity index (χ0n) is 20.6. The first-order valence-corrected chi connectivity index (χ1v) is 14.1. The van der Waals surface area contributed by atoms with Crippen LogP contribution in [0.4, 0.5) is 4.39 Å². The number of rotatable bonds is 8. The van der Waals surface area contributed by atoms with Gasteiger partial charge in [-0.05, 0) is 63.4 Å². The molecular weight excluding hydrogens is 661 g/mol. The van der Waals surface area contributed by atoms with Crippen LogP contribution in [0.2, 0.25) is 0 Å². The molecule has 2 aliphatic heterocycles. The lowest BCUT2D eigenvalue weighted by molar-refractivity contribution is -0.161. The van der Waals surface area contributed by atoms with Gasteiger partial charge in [0.05, 0.1) is 15.5 Å². The van der Waals surface area contributed by atoms with Crippen LogP contribution < -0.4 is 16.0 Å². The highest BCUT2D eigenvalue weighted by Gasteiger charge is 2.64. The number of hydrogen-bond acceptors (Lipinski definition) is 6. The van der Waals surface area contributed by atoms with E-state index in [4.69, 9.17) is 5.41 Å². The lowest BCUT2D eigenvalue weighted by atomic mass is 9.95. The van der Waals surface area contributed by atoms with Gasteiger partial charge in [-0.3, -0.25) is 19.8 Å². The average molecular weight is 685 g/mol. The van der Waals surface area contributed by atoms with Crippen LogP contribution >= 0.6 is 43.6 Å². The molecule has 2 aliphatic rings. The van der Waals surface area contributed by atoms with Gasteiger partial charge in [-0.1, -0.05) is 30.3 Å². The van der Waals surface area contributed by atoms with Crippen LogP contribution in [0, 0.1) is 11.2 Å². The minimum atomic E-state index is -1.15. The predicted molar refractivity (Wildman–Crippen MR) is 150 cm³/mol. The Hall–Kier alpha value is -2.97. The Morgan fingerprint density at radius 1 is 1.18 bits per heavy atom. The molecular formula is C25H24Br2FN5O5S. The molecule has 0 aromatic heterocycles. The number of hydrogen-bond donors (Lipinski definition) is 5. The van der Waals surface area contributed by atoms with Gasteiger partial charge >= 0.3 is 5.97 Å². The number of nitrogens with zero attached hydrogens (tertiary/aromatic N) is 1. The Labute approximate surface area is 244 Å². The summed E-state index contributed by atoms with van der Waals surface area (Å²) in [6.07, 6.45) is 0. The first-order valence-electron chi connectivity index (χ1n) is 11.7.